The van der Waals surface area contributed by atoms with Crippen LogP contribution in [0.5, 0.6) is 0 Å². The highest BCUT2D eigenvalue weighted by Gasteiger charge is 2.34. The molecule has 0 amide bonds. The van der Waals surface area contributed by atoms with Crippen LogP contribution in [0.4, 0.5) is 0 Å². The molecular weight excluding hydrogens is 236 g/mol. The molecule has 1 unspecified atom stereocenters. The quantitative estimate of drug-likeness (QED) is 0.792. The first-order chi connectivity index (χ1) is 8.67. The molecule has 1 heterocycles. The zero-order chi connectivity index (χ0) is 13.1. The number of carbonyl (C=O) groups is 1. The molecule has 1 aliphatic rings. The van der Waals surface area contributed by atoms with E-state index < -0.39 is 11.5 Å². The molecule has 1 atom stereocenters. The molecule has 18 heavy (non-hydrogen) atoms. The standard InChI is InChI=1S/C12H16N2O4/c1-3-18-12(16)8-6-13-10(14-11(8)15)9(17-2)7-4-5-7/h6-7,9H,3-5H2,1-2H3,(H,13,14,15). The number of ether oxygens (including phenoxy) is 2. The molecule has 1 fully saturated rings. The molecule has 1 N–H and O–H groups in total. The highest BCUT2D eigenvalue weighted by molar-refractivity contribution is 5.88. The maximum absolute atomic E-state index is 11.8. The molecule has 1 aromatic rings. The van der Waals surface area contributed by atoms with Crippen molar-refractivity contribution in [3.8, 4) is 0 Å². The van der Waals surface area contributed by atoms with E-state index in [1.54, 1.807) is 14.0 Å². The van der Waals surface area contributed by atoms with Crippen molar-refractivity contribution < 1.29 is 14.3 Å². The second kappa shape index (κ2) is 5.30. The van der Waals surface area contributed by atoms with Crippen LogP contribution in [0.2, 0.25) is 0 Å². The minimum atomic E-state index is -0.654. The Morgan fingerprint density at radius 1 is 1.61 bits per heavy atom. The molecule has 98 valence electrons. The SMILES string of the molecule is CCOC(=O)c1cnc(C(OC)C2CC2)[nH]c1=O. The first kappa shape index (κ1) is 12.8. The molecule has 1 aliphatic carbocycles. The lowest BCUT2D eigenvalue weighted by Crippen LogP contribution is -2.24. The molecule has 1 aromatic heterocycles. The van der Waals surface area contributed by atoms with Crippen LogP contribution in [0.1, 0.15) is 42.1 Å². The van der Waals surface area contributed by atoms with Crippen LogP contribution in [-0.4, -0.2) is 29.7 Å². The smallest absolute Gasteiger partial charge is 0.345 e. The summed E-state index contributed by atoms with van der Waals surface area (Å²) < 4.78 is 10.1. The van der Waals surface area contributed by atoms with Crippen molar-refractivity contribution in [3.63, 3.8) is 0 Å². The second-order valence-electron chi connectivity index (χ2n) is 4.23. The van der Waals surface area contributed by atoms with Gasteiger partial charge in [-0.1, -0.05) is 0 Å². The van der Waals surface area contributed by atoms with E-state index in [9.17, 15) is 9.59 Å². The number of carbonyl (C=O) groups excluding carboxylic acids is 1. The van der Waals surface area contributed by atoms with Gasteiger partial charge in [-0.15, -0.1) is 0 Å². The first-order valence-electron chi connectivity index (χ1n) is 5.96. The van der Waals surface area contributed by atoms with E-state index >= 15 is 0 Å². The van der Waals surface area contributed by atoms with Crippen molar-refractivity contribution in [3.05, 3.63) is 27.9 Å². The van der Waals surface area contributed by atoms with Crippen LogP contribution in [0.25, 0.3) is 0 Å². The van der Waals surface area contributed by atoms with Crippen molar-refractivity contribution in [1.82, 2.24) is 9.97 Å². The Morgan fingerprint density at radius 3 is 2.83 bits per heavy atom. The van der Waals surface area contributed by atoms with Gasteiger partial charge in [-0.2, -0.15) is 0 Å². The molecule has 0 bridgehead atoms. The van der Waals surface area contributed by atoms with E-state index in [0.29, 0.717) is 11.7 Å². The van der Waals surface area contributed by atoms with E-state index in [1.807, 2.05) is 0 Å². The molecule has 0 saturated heterocycles. The fraction of sp³-hybridized carbons (Fsp3) is 0.583. The predicted octanol–water partition coefficient (Wildman–Crippen LogP) is 1.04. The Kier molecular flexibility index (Phi) is 3.76. The lowest BCUT2D eigenvalue weighted by atomic mass is 10.2. The summed E-state index contributed by atoms with van der Waals surface area (Å²) in [6.07, 6.45) is 3.19. The highest BCUT2D eigenvalue weighted by Crippen LogP contribution is 2.41. The summed E-state index contributed by atoms with van der Waals surface area (Å²) in [4.78, 5) is 29.9. The first-order valence-corrected chi connectivity index (χ1v) is 5.96. The highest BCUT2D eigenvalue weighted by atomic mass is 16.5. The third-order valence-electron chi connectivity index (χ3n) is 2.89. The number of hydrogen-bond donors (Lipinski definition) is 1. The number of aromatic amines is 1. The number of rotatable bonds is 5. The summed E-state index contributed by atoms with van der Waals surface area (Å²) in [6.45, 7) is 1.91. The van der Waals surface area contributed by atoms with Gasteiger partial charge in [0.25, 0.3) is 5.56 Å². The Balaban J connectivity index is 2.23. The van der Waals surface area contributed by atoms with E-state index in [4.69, 9.17) is 9.47 Å². The van der Waals surface area contributed by atoms with E-state index in [1.165, 1.54) is 6.20 Å². The van der Waals surface area contributed by atoms with Crippen molar-refractivity contribution in [1.29, 1.82) is 0 Å². The number of methoxy groups -OCH3 is 1. The third-order valence-corrected chi connectivity index (χ3v) is 2.89. The van der Waals surface area contributed by atoms with Gasteiger partial charge in [0.2, 0.25) is 0 Å². The molecule has 0 radical (unpaired) electrons. The van der Waals surface area contributed by atoms with Gasteiger partial charge in [0, 0.05) is 13.3 Å². The molecule has 0 aromatic carbocycles. The van der Waals surface area contributed by atoms with E-state index in [0.717, 1.165) is 12.8 Å². The zero-order valence-corrected chi connectivity index (χ0v) is 10.4. The topological polar surface area (TPSA) is 81.3 Å². The summed E-state index contributed by atoms with van der Waals surface area (Å²) in [7, 11) is 1.59. The fourth-order valence-electron chi connectivity index (χ4n) is 1.83. The number of hydrogen-bond acceptors (Lipinski definition) is 5. The van der Waals surface area contributed by atoms with Crippen LogP contribution < -0.4 is 5.56 Å². The second-order valence-corrected chi connectivity index (χ2v) is 4.23. The molecule has 0 aliphatic heterocycles. The average Bonchev–Trinajstić information content (AvgIpc) is 3.15. The monoisotopic (exact) mass is 252 g/mol. The maximum Gasteiger partial charge on any atom is 0.345 e. The van der Waals surface area contributed by atoms with Gasteiger partial charge >= 0.3 is 5.97 Å². The third kappa shape index (κ3) is 2.59. The minimum absolute atomic E-state index is 0.0775. The van der Waals surface area contributed by atoms with E-state index in [2.05, 4.69) is 9.97 Å². The minimum Gasteiger partial charge on any atom is -0.462 e. The Hall–Kier alpha value is -1.69. The normalized spacial score (nSPS) is 16.3. The zero-order valence-electron chi connectivity index (χ0n) is 10.4. The largest absolute Gasteiger partial charge is 0.462 e. The Labute approximate surface area is 104 Å². The molecule has 6 nitrogen and oxygen atoms in total. The van der Waals surface area contributed by atoms with Gasteiger partial charge in [-0.05, 0) is 25.7 Å². The van der Waals surface area contributed by atoms with Crippen LogP contribution in [0.3, 0.4) is 0 Å². The fourth-order valence-corrected chi connectivity index (χ4v) is 1.83. The van der Waals surface area contributed by atoms with Crippen molar-refractivity contribution in [2.75, 3.05) is 13.7 Å². The van der Waals surface area contributed by atoms with Crippen LogP contribution in [0.15, 0.2) is 11.0 Å². The lowest BCUT2D eigenvalue weighted by molar-refractivity contribution is 0.0521. The lowest BCUT2D eigenvalue weighted by Gasteiger charge is -2.13. The van der Waals surface area contributed by atoms with Gasteiger partial charge in [0.1, 0.15) is 17.5 Å². The van der Waals surface area contributed by atoms with Crippen LogP contribution in [-0.2, 0) is 9.47 Å². The summed E-state index contributed by atoms with van der Waals surface area (Å²) in [6, 6.07) is 0. The summed E-state index contributed by atoms with van der Waals surface area (Å²) >= 11 is 0. The average molecular weight is 252 g/mol. The van der Waals surface area contributed by atoms with Gasteiger partial charge in [-0.3, -0.25) is 4.79 Å². The van der Waals surface area contributed by atoms with Gasteiger partial charge < -0.3 is 14.5 Å². The number of nitrogens with one attached hydrogen (secondary N) is 1. The number of aromatic nitrogens is 2. The van der Waals surface area contributed by atoms with Gasteiger partial charge in [-0.25, -0.2) is 9.78 Å². The number of esters is 1. The summed E-state index contributed by atoms with van der Waals surface area (Å²) in [5, 5.41) is 0. The van der Waals surface area contributed by atoms with Crippen molar-refractivity contribution in [2.45, 2.75) is 25.9 Å². The Morgan fingerprint density at radius 2 is 2.33 bits per heavy atom. The van der Waals surface area contributed by atoms with Crippen LogP contribution >= 0.6 is 0 Å². The van der Waals surface area contributed by atoms with Crippen molar-refractivity contribution >= 4 is 5.97 Å². The van der Waals surface area contributed by atoms with Crippen molar-refractivity contribution in [2.24, 2.45) is 5.92 Å². The summed E-state index contributed by atoms with van der Waals surface area (Å²) in [5.74, 6) is 0.225. The van der Waals surface area contributed by atoms with Gasteiger partial charge in [0.05, 0.1) is 6.61 Å². The van der Waals surface area contributed by atoms with Crippen LogP contribution in [0, 0.1) is 5.92 Å². The predicted molar refractivity (Wildman–Crippen MR) is 63.3 cm³/mol. The van der Waals surface area contributed by atoms with E-state index in [-0.39, 0.29) is 18.3 Å². The molecule has 2 rings (SSSR count). The number of nitrogens with zero attached hydrogens (tertiary/aromatic N) is 1. The summed E-state index contributed by atoms with van der Waals surface area (Å²) in [5.41, 5.74) is -0.563. The Bertz CT molecular complexity index is 493. The maximum atomic E-state index is 11.8. The molecule has 0 spiro atoms. The number of H-pyrrole nitrogens is 1. The molecule has 6 heteroatoms. The molecular formula is C12H16N2O4. The van der Waals surface area contributed by atoms with Gasteiger partial charge in [0.15, 0.2) is 0 Å². The molecule has 1 saturated carbocycles.